The van der Waals surface area contributed by atoms with Crippen molar-refractivity contribution in [2.45, 2.75) is 13.0 Å². The number of rotatable bonds is 6. The van der Waals surface area contributed by atoms with Gasteiger partial charge in [-0.15, -0.1) is 0 Å². The Hall–Kier alpha value is -3.32. The first-order valence-corrected chi connectivity index (χ1v) is 12.9. The van der Waals surface area contributed by atoms with Crippen LogP contribution >= 0.6 is 23.2 Å². The number of hydrogen-bond donors (Lipinski definition) is 0. The van der Waals surface area contributed by atoms with E-state index >= 15 is 0 Å². The molecule has 0 unspecified atom stereocenters. The van der Waals surface area contributed by atoms with Gasteiger partial charge >= 0.3 is 0 Å². The number of nitrogens with zero attached hydrogens (tertiary/aromatic N) is 3. The zero-order valence-electron chi connectivity index (χ0n) is 20.7. The molecule has 3 aromatic rings. The molecule has 0 atom stereocenters. The number of halogens is 2. The van der Waals surface area contributed by atoms with E-state index in [1.807, 2.05) is 17.0 Å². The molecule has 1 saturated heterocycles. The second kappa shape index (κ2) is 10.6. The third-order valence-corrected chi connectivity index (χ3v) is 7.68. The molecule has 2 aliphatic heterocycles. The van der Waals surface area contributed by atoms with Gasteiger partial charge < -0.3 is 9.64 Å². The Kier molecular flexibility index (Phi) is 7.24. The van der Waals surface area contributed by atoms with Crippen molar-refractivity contribution in [3.8, 4) is 5.75 Å². The van der Waals surface area contributed by atoms with Crippen molar-refractivity contribution >= 4 is 40.7 Å². The lowest BCUT2D eigenvalue weighted by molar-refractivity contribution is -0.121. The van der Waals surface area contributed by atoms with Gasteiger partial charge in [-0.1, -0.05) is 83.9 Å². The number of aryl methyl sites for hydroxylation is 1. The average molecular weight is 536 g/mol. The van der Waals surface area contributed by atoms with Gasteiger partial charge in [0.1, 0.15) is 16.5 Å². The number of amides is 2. The molecule has 0 aromatic heterocycles. The van der Waals surface area contributed by atoms with Gasteiger partial charge in [-0.25, -0.2) is 4.90 Å². The van der Waals surface area contributed by atoms with Crippen molar-refractivity contribution in [1.82, 2.24) is 9.80 Å². The van der Waals surface area contributed by atoms with E-state index in [4.69, 9.17) is 27.9 Å². The van der Waals surface area contributed by atoms with E-state index in [1.165, 1.54) is 18.2 Å². The lowest BCUT2D eigenvalue weighted by Gasteiger charge is -2.40. The van der Waals surface area contributed by atoms with E-state index in [9.17, 15) is 9.59 Å². The summed E-state index contributed by atoms with van der Waals surface area (Å²) in [6.45, 7) is 4.33. The number of imide groups is 1. The Bertz CT molecular complexity index is 1310. The van der Waals surface area contributed by atoms with Crippen LogP contribution in [-0.4, -0.2) is 54.9 Å². The van der Waals surface area contributed by atoms with E-state index in [0.29, 0.717) is 42.6 Å². The highest BCUT2D eigenvalue weighted by Gasteiger charge is 2.43. The van der Waals surface area contributed by atoms with Crippen LogP contribution in [0.15, 0.2) is 83.5 Å². The smallest absolute Gasteiger partial charge is 0.283 e. The van der Waals surface area contributed by atoms with E-state index in [2.05, 4.69) is 53.4 Å². The fraction of sp³-hybridized carbons (Fsp3) is 0.241. The topological polar surface area (TPSA) is 53.1 Å². The molecule has 0 saturated carbocycles. The second-order valence-corrected chi connectivity index (χ2v) is 9.91. The Balaban J connectivity index is 1.38. The van der Waals surface area contributed by atoms with Crippen LogP contribution in [0.3, 0.4) is 0 Å². The van der Waals surface area contributed by atoms with Gasteiger partial charge in [0, 0.05) is 37.3 Å². The van der Waals surface area contributed by atoms with Crippen molar-refractivity contribution in [3.63, 3.8) is 0 Å². The molecule has 190 valence electrons. The zero-order chi connectivity index (χ0) is 26.1. The van der Waals surface area contributed by atoms with E-state index < -0.39 is 11.8 Å². The summed E-state index contributed by atoms with van der Waals surface area (Å²) in [7, 11) is 1.47. The number of methoxy groups -OCH3 is 1. The van der Waals surface area contributed by atoms with Crippen LogP contribution in [0.25, 0.3) is 0 Å². The predicted octanol–water partition coefficient (Wildman–Crippen LogP) is 5.39. The molecule has 3 aromatic carbocycles. The molecule has 0 aliphatic carbocycles. The molecule has 2 heterocycles. The van der Waals surface area contributed by atoms with Crippen LogP contribution < -0.4 is 9.64 Å². The summed E-state index contributed by atoms with van der Waals surface area (Å²) in [5.41, 5.74) is 3.71. The molecular weight excluding hydrogens is 509 g/mol. The van der Waals surface area contributed by atoms with Crippen molar-refractivity contribution in [3.05, 3.63) is 105 Å². The van der Waals surface area contributed by atoms with E-state index in [1.54, 1.807) is 19.1 Å². The lowest BCUT2D eigenvalue weighted by atomic mass is 9.96. The lowest BCUT2D eigenvalue weighted by Crippen LogP contribution is -2.48. The van der Waals surface area contributed by atoms with Crippen LogP contribution in [0, 0.1) is 6.92 Å². The Labute approximate surface area is 226 Å². The number of carbonyl (C=O) groups excluding carboxylic acids is 2. The van der Waals surface area contributed by atoms with Gasteiger partial charge in [-0.2, -0.15) is 0 Å². The first-order chi connectivity index (χ1) is 17.9. The summed E-state index contributed by atoms with van der Waals surface area (Å²) in [5, 5.41) is 0.414. The second-order valence-electron chi connectivity index (χ2n) is 9.13. The third-order valence-electron chi connectivity index (χ3n) is 6.93. The van der Waals surface area contributed by atoms with Crippen LogP contribution in [0.2, 0.25) is 5.02 Å². The molecule has 8 heteroatoms. The summed E-state index contributed by atoms with van der Waals surface area (Å²) >= 11 is 12.7. The first kappa shape index (κ1) is 25.3. The number of piperazine rings is 1. The van der Waals surface area contributed by atoms with Crippen LogP contribution in [0.1, 0.15) is 22.7 Å². The largest absolute Gasteiger partial charge is 0.494 e. The quantitative estimate of drug-likeness (QED) is 0.396. The molecule has 2 aliphatic rings. The van der Waals surface area contributed by atoms with E-state index in [0.717, 1.165) is 10.5 Å². The molecule has 1 fully saturated rings. The molecule has 5 rings (SSSR count). The minimum atomic E-state index is -0.560. The van der Waals surface area contributed by atoms with Crippen LogP contribution in [0.5, 0.6) is 5.75 Å². The summed E-state index contributed by atoms with van der Waals surface area (Å²) in [6.07, 6.45) is 0. The van der Waals surface area contributed by atoms with Crippen LogP contribution in [-0.2, 0) is 9.59 Å². The Morgan fingerprint density at radius 2 is 1.38 bits per heavy atom. The molecule has 2 amide bonds. The Morgan fingerprint density at radius 3 is 1.92 bits per heavy atom. The van der Waals surface area contributed by atoms with Gasteiger partial charge in [0.15, 0.2) is 0 Å². The van der Waals surface area contributed by atoms with Gasteiger partial charge in [0.25, 0.3) is 11.8 Å². The zero-order valence-corrected chi connectivity index (χ0v) is 22.2. The monoisotopic (exact) mass is 535 g/mol. The van der Waals surface area contributed by atoms with Gasteiger partial charge in [0.2, 0.25) is 0 Å². The Morgan fingerprint density at radius 1 is 0.811 bits per heavy atom. The maximum atomic E-state index is 13.6. The fourth-order valence-corrected chi connectivity index (χ4v) is 5.50. The first-order valence-electron chi connectivity index (χ1n) is 12.1. The number of anilines is 1. The minimum Gasteiger partial charge on any atom is -0.494 e. The minimum absolute atomic E-state index is 0.0734. The van der Waals surface area contributed by atoms with Gasteiger partial charge in [-0.3, -0.25) is 14.5 Å². The van der Waals surface area contributed by atoms with Gasteiger partial charge in [-0.05, 0) is 29.7 Å². The summed E-state index contributed by atoms with van der Waals surface area (Å²) in [6, 6.07) is 24.2. The number of ether oxygens (including phenoxy) is 1. The summed E-state index contributed by atoms with van der Waals surface area (Å²) in [5.74, 6) is -0.678. The third kappa shape index (κ3) is 4.73. The maximum absolute atomic E-state index is 13.6. The number of benzene rings is 3. The fourth-order valence-electron chi connectivity index (χ4n) is 5.06. The summed E-state index contributed by atoms with van der Waals surface area (Å²) in [4.78, 5) is 32.1. The highest BCUT2D eigenvalue weighted by Crippen LogP contribution is 2.39. The predicted molar refractivity (Wildman–Crippen MR) is 146 cm³/mol. The highest BCUT2D eigenvalue weighted by atomic mass is 35.5. The van der Waals surface area contributed by atoms with Crippen molar-refractivity contribution < 1.29 is 14.3 Å². The standard InChI is InChI=1S/C29H27Cl2N3O3/c1-19-17-23(24(37-2)18-22(19)30)34-28(35)25(31)27(29(34)36)33-15-13-32(14-16-33)26(20-9-5-3-6-10-20)21-11-7-4-8-12-21/h3-12,17-18,26H,13-16H2,1-2H3. The van der Waals surface area contributed by atoms with Crippen molar-refractivity contribution in [2.75, 3.05) is 38.2 Å². The van der Waals surface area contributed by atoms with Crippen LogP contribution in [0.4, 0.5) is 5.69 Å². The molecule has 37 heavy (non-hydrogen) atoms. The number of carbonyl (C=O) groups is 2. The van der Waals surface area contributed by atoms with E-state index in [-0.39, 0.29) is 16.8 Å². The number of hydrogen-bond acceptors (Lipinski definition) is 5. The van der Waals surface area contributed by atoms with Crippen molar-refractivity contribution in [1.29, 1.82) is 0 Å². The molecule has 6 nitrogen and oxygen atoms in total. The average Bonchev–Trinajstić information content (AvgIpc) is 3.14. The molecule has 0 radical (unpaired) electrons. The van der Waals surface area contributed by atoms with Gasteiger partial charge in [0.05, 0.1) is 18.8 Å². The normalized spacial score (nSPS) is 16.8. The molecular formula is C29H27Cl2N3O3. The molecule has 0 bridgehead atoms. The van der Waals surface area contributed by atoms with Crippen molar-refractivity contribution in [2.24, 2.45) is 0 Å². The maximum Gasteiger partial charge on any atom is 0.283 e. The SMILES string of the molecule is COc1cc(Cl)c(C)cc1N1C(=O)C(Cl)=C(N2CCN(C(c3ccccc3)c3ccccc3)CC2)C1=O. The highest BCUT2D eigenvalue weighted by molar-refractivity contribution is 6.52. The molecule has 0 spiro atoms. The molecule has 0 N–H and O–H groups in total. The summed E-state index contributed by atoms with van der Waals surface area (Å²) < 4.78 is 5.42.